The molecule has 1 saturated carbocycles. The summed E-state index contributed by atoms with van der Waals surface area (Å²) in [7, 11) is -1.93. The largest absolute Gasteiger partial charge is 0.322 e. The SMILES string of the molecule is CN(C1CCCCC1)S(=O)(=O)c1ccc(NC(=O)c2cccc(Cl)c2Cl)cc1. The molecule has 0 heterocycles. The molecular weight excluding hydrogens is 419 g/mol. The minimum Gasteiger partial charge on any atom is -0.322 e. The van der Waals surface area contributed by atoms with E-state index in [4.69, 9.17) is 23.2 Å². The molecule has 150 valence electrons. The zero-order valence-corrected chi connectivity index (χ0v) is 17.8. The van der Waals surface area contributed by atoms with Gasteiger partial charge in [0, 0.05) is 18.8 Å². The average molecular weight is 441 g/mol. The van der Waals surface area contributed by atoms with Gasteiger partial charge in [0.15, 0.2) is 0 Å². The van der Waals surface area contributed by atoms with Gasteiger partial charge in [-0.1, -0.05) is 48.5 Å². The van der Waals surface area contributed by atoms with Crippen molar-refractivity contribution in [1.82, 2.24) is 4.31 Å². The number of nitrogens with one attached hydrogen (secondary N) is 1. The number of anilines is 1. The molecule has 0 spiro atoms. The Morgan fingerprint density at radius 1 is 1.04 bits per heavy atom. The van der Waals surface area contributed by atoms with Crippen molar-refractivity contribution in [2.75, 3.05) is 12.4 Å². The molecule has 0 bridgehead atoms. The highest BCUT2D eigenvalue weighted by Gasteiger charge is 2.29. The minimum absolute atomic E-state index is 0.0445. The lowest BCUT2D eigenvalue weighted by Gasteiger charge is -2.30. The molecule has 8 heteroatoms. The first kappa shape index (κ1) is 21.1. The lowest BCUT2D eigenvalue weighted by Crippen LogP contribution is -2.38. The Morgan fingerprint density at radius 3 is 2.32 bits per heavy atom. The molecule has 0 unspecified atom stereocenters. The molecular formula is C20H22Cl2N2O3S. The van der Waals surface area contributed by atoms with Gasteiger partial charge in [0.1, 0.15) is 0 Å². The predicted molar refractivity (Wildman–Crippen MR) is 113 cm³/mol. The van der Waals surface area contributed by atoms with Crippen molar-refractivity contribution < 1.29 is 13.2 Å². The molecule has 0 aliphatic heterocycles. The van der Waals surface area contributed by atoms with E-state index in [9.17, 15) is 13.2 Å². The van der Waals surface area contributed by atoms with Crippen LogP contribution in [0.3, 0.4) is 0 Å². The molecule has 2 aromatic carbocycles. The fraction of sp³-hybridized carbons (Fsp3) is 0.350. The standard InChI is InChI=1S/C20H22Cl2N2O3S/c1-24(15-6-3-2-4-7-15)28(26,27)16-12-10-14(11-13-16)23-20(25)17-8-5-9-18(21)19(17)22/h5,8-13,15H,2-4,6-7H2,1H3,(H,23,25). The van der Waals surface area contributed by atoms with Crippen LogP contribution < -0.4 is 5.32 Å². The van der Waals surface area contributed by atoms with Gasteiger partial charge in [-0.2, -0.15) is 4.31 Å². The van der Waals surface area contributed by atoms with Gasteiger partial charge in [-0.15, -0.1) is 0 Å². The third-order valence-corrected chi connectivity index (χ3v) is 7.82. The second-order valence-electron chi connectivity index (χ2n) is 6.89. The van der Waals surface area contributed by atoms with Gasteiger partial charge in [0.25, 0.3) is 5.91 Å². The summed E-state index contributed by atoms with van der Waals surface area (Å²) < 4.78 is 27.2. The third kappa shape index (κ3) is 4.51. The topological polar surface area (TPSA) is 66.5 Å². The second-order valence-corrected chi connectivity index (χ2v) is 9.68. The van der Waals surface area contributed by atoms with E-state index in [-0.39, 0.29) is 21.5 Å². The van der Waals surface area contributed by atoms with Crippen LogP contribution in [0.1, 0.15) is 42.5 Å². The minimum atomic E-state index is -3.57. The van der Waals surface area contributed by atoms with E-state index >= 15 is 0 Å². The number of carbonyl (C=O) groups is 1. The van der Waals surface area contributed by atoms with Crippen LogP contribution in [0, 0.1) is 0 Å². The van der Waals surface area contributed by atoms with Gasteiger partial charge in [-0.3, -0.25) is 4.79 Å². The summed E-state index contributed by atoms with van der Waals surface area (Å²) in [5.74, 6) is -0.414. The Balaban J connectivity index is 1.74. The van der Waals surface area contributed by atoms with Crippen LogP contribution >= 0.6 is 23.2 Å². The van der Waals surface area contributed by atoms with Gasteiger partial charge in [-0.25, -0.2) is 8.42 Å². The Bertz CT molecular complexity index is 956. The molecule has 28 heavy (non-hydrogen) atoms. The van der Waals surface area contributed by atoms with Crippen LogP contribution in [-0.4, -0.2) is 31.7 Å². The predicted octanol–water partition coefficient (Wildman–Crippen LogP) is 5.20. The zero-order chi connectivity index (χ0) is 20.3. The highest BCUT2D eigenvalue weighted by molar-refractivity contribution is 7.89. The van der Waals surface area contributed by atoms with Crippen LogP contribution in [0.5, 0.6) is 0 Å². The number of nitrogens with zero attached hydrogens (tertiary/aromatic N) is 1. The van der Waals surface area contributed by atoms with E-state index in [2.05, 4.69) is 5.32 Å². The fourth-order valence-electron chi connectivity index (χ4n) is 3.39. The molecule has 0 radical (unpaired) electrons. The Morgan fingerprint density at radius 2 is 1.68 bits per heavy atom. The molecule has 0 atom stereocenters. The van der Waals surface area contributed by atoms with E-state index in [1.807, 2.05) is 0 Å². The van der Waals surface area contributed by atoms with Crippen molar-refractivity contribution in [3.8, 4) is 0 Å². The summed E-state index contributed by atoms with van der Waals surface area (Å²) >= 11 is 12.0. The number of sulfonamides is 1. The molecule has 0 saturated heterocycles. The number of amides is 1. The summed E-state index contributed by atoms with van der Waals surface area (Å²) in [4.78, 5) is 12.6. The maximum atomic E-state index is 12.9. The summed E-state index contributed by atoms with van der Waals surface area (Å²) in [6.07, 6.45) is 5.06. The molecule has 1 amide bonds. The highest BCUT2D eigenvalue weighted by Crippen LogP contribution is 2.28. The van der Waals surface area contributed by atoms with Gasteiger partial charge in [-0.05, 0) is 49.2 Å². The van der Waals surface area contributed by atoms with E-state index < -0.39 is 15.9 Å². The van der Waals surface area contributed by atoms with E-state index in [1.54, 1.807) is 37.4 Å². The molecule has 3 rings (SSSR count). The third-order valence-electron chi connectivity index (χ3n) is 5.07. The average Bonchev–Trinajstić information content (AvgIpc) is 2.70. The number of hydrogen-bond donors (Lipinski definition) is 1. The van der Waals surface area contributed by atoms with Gasteiger partial charge in [0.2, 0.25) is 10.0 Å². The number of benzene rings is 2. The summed E-state index contributed by atoms with van der Waals surface area (Å²) in [5, 5.41) is 3.18. The van der Waals surface area contributed by atoms with Crippen molar-refractivity contribution >= 4 is 44.8 Å². The maximum Gasteiger partial charge on any atom is 0.257 e. The maximum absolute atomic E-state index is 12.9. The molecule has 1 fully saturated rings. The van der Waals surface area contributed by atoms with Crippen LogP contribution in [0.4, 0.5) is 5.69 Å². The quantitative estimate of drug-likeness (QED) is 0.694. The van der Waals surface area contributed by atoms with Crippen molar-refractivity contribution in [2.45, 2.75) is 43.0 Å². The molecule has 5 nitrogen and oxygen atoms in total. The van der Waals surface area contributed by atoms with Crippen LogP contribution in [0.2, 0.25) is 10.0 Å². The molecule has 1 aliphatic rings. The van der Waals surface area contributed by atoms with Crippen molar-refractivity contribution in [3.05, 3.63) is 58.1 Å². The monoisotopic (exact) mass is 440 g/mol. The summed E-state index contributed by atoms with van der Waals surface area (Å²) in [6, 6.07) is 11.0. The van der Waals surface area contributed by atoms with Gasteiger partial charge >= 0.3 is 0 Å². The number of carbonyl (C=O) groups excluding carboxylic acids is 1. The Labute approximate surface area is 175 Å². The second kappa shape index (κ2) is 8.82. The van der Waals surface area contributed by atoms with Gasteiger partial charge < -0.3 is 5.32 Å². The molecule has 1 aliphatic carbocycles. The number of rotatable bonds is 5. The van der Waals surface area contributed by atoms with Gasteiger partial charge in [0.05, 0.1) is 20.5 Å². The van der Waals surface area contributed by atoms with E-state index in [1.165, 1.54) is 16.4 Å². The first-order valence-electron chi connectivity index (χ1n) is 9.14. The molecule has 2 aromatic rings. The summed E-state index contributed by atoms with van der Waals surface area (Å²) in [5.41, 5.74) is 0.725. The normalized spacial score (nSPS) is 15.6. The first-order valence-corrected chi connectivity index (χ1v) is 11.3. The molecule has 0 aromatic heterocycles. The van der Waals surface area contributed by atoms with Crippen molar-refractivity contribution in [1.29, 1.82) is 0 Å². The van der Waals surface area contributed by atoms with Crippen LogP contribution in [-0.2, 0) is 10.0 Å². The number of halogens is 2. The fourth-order valence-corrected chi connectivity index (χ4v) is 5.20. The van der Waals surface area contributed by atoms with E-state index in [0.29, 0.717) is 10.7 Å². The summed E-state index contributed by atoms with van der Waals surface area (Å²) in [6.45, 7) is 0. The lowest BCUT2D eigenvalue weighted by molar-refractivity contribution is 0.102. The van der Waals surface area contributed by atoms with Crippen LogP contribution in [0.25, 0.3) is 0 Å². The first-order chi connectivity index (χ1) is 13.3. The van der Waals surface area contributed by atoms with Crippen molar-refractivity contribution in [2.24, 2.45) is 0 Å². The number of hydrogen-bond acceptors (Lipinski definition) is 3. The highest BCUT2D eigenvalue weighted by atomic mass is 35.5. The molecule has 1 N–H and O–H groups in total. The lowest BCUT2D eigenvalue weighted by atomic mass is 9.96. The Hall–Kier alpha value is -1.60. The van der Waals surface area contributed by atoms with Crippen LogP contribution in [0.15, 0.2) is 47.4 Å². The zero-order valence-electron chi connectivity index (χ0n) is 15.5. The Kier molecular flexibility index (Phi) is 6.65. The smallest absolute Gasteiger partial charge is 0.257 e. The van der Waals surface area contributed by atoms with E-state index in [0.717, 1.165) is 32.1 Å². The van der Waals surface area contributed by atoms with Crippen molar-refractivity contribution in [3.63, 3.8) is 0 Å².